The summed E-state index contributed by atoms with van der Waals surface area (Å²) in [5.41, 5.74) is 0.844. The fraction of sp³-hybridized carbons (Fsp3) is 0.143. The molecule has 2 rings (SSSR count). The number of ether oxygens (including phenoxy) is 1. The molecule has 0 saturated carbocycles. The Morgan fingerprint density at radius 1 is 1.05 bits per heavy atom. The molecule has 6 heteroatoms. The van der Waals surface area contributed by atoms with Crippen molar-refractivity contribution < 1.29 is 18.6 Å². The van der Waals surface area contributed by atoms with Crippen molar-refractivity contribution in [2.75, 3.05) is 7.11 Å². The minimum atomic E-state index is -1.07. The van der Waals surface area contributed by atoms with Crippen molar-refractivity contribution in [2.45, 2.75) is 6.10 Å². The van der Waals surface area contributed by atoms with E-state index < -0.39 is 17.7 Å². The van der Waals surface area contributed by atoms with E-state index in [1.54, 1.807) is 0 Å². The summed E-state index contributed by atoms with van der Waals surface area (Å²) >= 11 is 6.26. The summed E-state index contributed by atoms with van der Waals surface area (Å²) in [5.74, 6) is -0.689. The summed E-state index contributed by atoms with van der Waals surface area (Å²) in [5, 5.41) is 10.4. The maximum absolute atomic E-state index is 13.5. The molecule has 0 aromatic heterocycles. The summed E-state index contributed by atoms with van der Waals surface area (Å²) in [7, 11) is 1.39. The van der Waals surface area contributed by atoms with Crippen molar-refractivity contribution in [2.24, 2.45) is 0 Å². The van der Waals surface area contributed by atoms with Crippen LogP contribution in [0.1, 0.15) is 17.2 Å². The van der Waals surface area contributed by atoms with Gasteiger partial charge in [0.15, 0.2) is 0 Å². The van der Waals surface area contributed by atoms with Crippen LogP contribution >= 0.6 is 31.9 Å². The van der Waals surface area contributed by atoms with E-state index in [1.165, 1.54) is 37.4 Å². The molecular formula is C14H10Br2F2O2. The molecule has 0 aliphatic rings. The summed E-state index contributed by atoms with van der Waals surface area (Å²) in [6, 6.07) is 6.58. The summed E-state index contributed by atoms with van der Waals surface area (Å²) in [6.07, 6.45) is -1.07. The minimum Gasteiger partial charge on any atom is -0.496 e. The minimum absolute atomic E-state index is 0.214. The smallest absolute Gasteiger partial charge is 0.141 e. The molecule has 0 heterocycles. The van der Waals surface area contributed by atoms with Gasteiger partial charge in [0.05, 0.1) is 11.6 Å². The average molecular weight is 408 g/mol. The van der Waals surface area contributed by atoms with Crippen molar-refractivity contribution in [3.63, 3.8) is 0 Å². The average Bonchev–Trinajstić information content (AvgIpc) is 2.40. The molecule has 2 nitrogen and oxygen atoms in total. The molecule has 106 valence electrons. The first-order valence-electron chi connectivity index (χ1n) is 5.60. The Balaban J connectivity index is 2.52. The molecule has 1 atom stereocenters. The lowest BCUT2D eigenvalue weighted by Crippen LogP contribution is -2.04. The van der Waals surface area contributed by atoms with E-state index in [4.69, 9.17) is 4.74 Å². The van der Waals surface area contributed by atoms with Crippen molar-refractivity contribution in [1.29, 1.82) is 0 Å². The zero-order valence-electron chi connectivity index (χ0n) is 10.3. The van der Waals surface area contributed by atoms with Gasteiger partial charge in [-0.05, 0) is 39.7 Å². The molecule has 20 heavy (non-hydrogen) atoms. The molecule has 1 N–H and O–H groups in total. The third-order valence-corrected chi connectivity index (χ3v) is 4.12. The number of halogens is 4. The summed E-state index contributed by atoms with van der Waals surface area (Å²) in [4.78, 5) is 0. The molecule has 0 saturated heterocycles. The van der Waals surface area contributed by atoms with E-state index in [9.17, 15) is 13.9 Å². The van der Waals surface area contributed by atoms with E-state index in [2.05, 4.69) is 31.9 Å². The third-order valence-electron chi connectivity index (χ3n) is 2.82. The van der Waals surface area contributed by atoms with Gasteiger partial charge in [0.2, 0.25) is 0 Å². The lowest BCUT2D eigenvalue weighted by molar-refractivity contribution is 0.213. The van der Waals surface area contributed by atoms with Gasteiger partial charge in [0, 0.05) is 16.1 Å². The second-order valence-corrected chi connectivity index (χ2v) is 5.79. The Morgan fingerprint density at radius 3 is 2.35 bits per heavy atom. The number of benzene rings is 2. The highest BCUT2D eigenvalue weighted by Gasteiger charge is 2.20. The Bertz CT molecular complexity index is 647. The first-order valence-corrected chi connectivity index (χ1v) is 7.18. The quantitative estimate of drug-likeness (QED) is 0.806. The molecule has 0 fully saturated rings. The maximum Gasteiger partial charge on any atom is 0.141 e. The molecule has 0 amide bonds. The van der Waals surface area contributed by atoms with Gasteiger partial charge in [-0.25, -0.2) is 8.78 Å². The van der Waals surface area contributed by atoms with E-state index in [0.717, 1.165) is 0 Å². The molecule has 1 unspecified atom stereocenters. The monoisotopic (exact) mass is 406 g/mol. The van der Waals surface area contributed by atoms with Crippen LogP contribution in [-0.2, 0) is 0 Å². The van der Waals surface area contributed by atoms with Crippen LogP contribution in [0.5, 0.6) is 5.75 Å². The van der Waals surface area contributed by atoms with Crippen LogP contribution in [0.4, 0.5) is 8.78 Å². The van der Waals surface area contributed by atoms with Crippen molar-refractivity contribution in [1.82, 2.24) is 0 Å². The number of methoxy groups -OCH3 is 1. The highest BCUT2D eigenvalue weighted by molar-refractivity contribution is 9.10. The molecule has 2 aromatic carbocycles. The van der Waals surface area contributed by atoms with Gasteiger partial charge in [-0.2, -0.15) is 0 Å². The van der Waals surface area contributed by atoms with Crippen LogP contribution in [0.2, 0.25) is 0 Å². The summed E-state index contributed by atoms with van der Waals surface area (Å²) in [6.45, 7) is 0. The molecule has 0 radical (unpaired) electrons. The van der Waals surface area contributed by atoms with Crippen molar-refractivity contribution >= 4 is 31.9 Å². The molecule has 0 aliphatic carbocycles. The van der Waals surface area contributed by atoms with Crippen molar-refractivity contribution in [3.05, 3.63) is 62.0 Å². The van der Waals surface area contributed by atoms with Gasteiger partial charge in [-0.3, -0.25) is 0 Å². The Labute approximate surface area is 131 Å². The van der Waals surface area contributed by atoms with E-state index in [1.807, 2.05) is 0 Å². The standard InChI is InChI=1S/C14H10Br2F2O2/c1-20-13-6-12(18)11(16)5-9(13)14(19)8-3-2-7(17)4-10(8)15/h2-6,14,19H,1H3. The predicted octanol–water partition coefficient (Wildman–Crippen LogP) is 4.58. The largest absolute Gasteiger partial charge is 0.496 e. The second-order valence-electron chi connectivity index (χ2n) is 4.08. The Hall–Kier alpha value is -0.980. The number of hydrogen-bond donors (Lipinski definition) is 1. The number of aliphatic hydroxyl groups excluding tert-OH is 1. The van der Waals surface area contributed by atoms with E-state index >= 15 is 0 Å². The molecular weight excluding hydrogens is 398 g/mol. The van der Waals surface area contributed by atoms with E-state index in [-0.39, 0.29) is 10.2 Å². The first kappa shape index (κ1) is 15.4. The highest BCUT2D eigenvalue weighted by Crippen LogP contribution is 2.36. The second kappa shape index (κ2) is 6.20. The van der Waals surface area contributed by atoms with Gasteiger partial charge in [0.25, 0.3) is 0 Å². The van der Waals surface area contributed by atoms with Crippen LogP contribution in [0.25, 0.3) is 0 Å². The van der Waals surface area contributed by atoms with Gasteiger partial charge < -0.3 is 9.84 Å². The van der Waals surface area contributed by atoms with Gasteiger partial charge in [-0.15, -0.1) is 0 Å². The zero-order chi connectivity index (χ0) is 14.9. The third kappa shape index (κ3) is 3.02. The summed E-state index contributed by atoms with van der Waals surface area (Å²) < 4.78 is 32.3. The van der Waals surface area contributed by atoms with E-state index in [0.29, 0.717) is 15.6 Å². The van der Waals surface area contributed by atoms with Gasteiger partial charge in [-0.1, -0.05) is 22.0 Å². The first-order chi connectivity index (χ1) is 9.43. The van der Waals surface area contributed by atoms with Crippen molar-refractivity contribution in [3.8, 4) is 5.75 Å². The molecule has 0 aliphatic heterocycles. The number of hydrogen-bond acceptors (Lipinski definition) is 2. The fourth-order valence-electron chi connectivity index (χ4n) is 1.83. The lowest BCUT2D eigenvalue weighted by Gasteiger charge is -2.17. The Morgan fingerprint density at radius 2 is 1.75 bits per heavy atom. The number of aliphatic hydroxyl groups is 1. The number of rotatable bonds is 3. The molecule has 0 spiro atoms. The molecule has 2 aromatic rings. The predicted molar refractivity (Wildman–Crippen MR) is 78.8 cm³/mol. The molecule has 0 bridgehead atoms. The highest BCUT2D eigenvalue weighted by atomic mass is 79.9. The topological polar surface area (TPSA) is 29.5 Å². The van der Waals surface area contributed by atoms with Gasteiger partial charge in [0.1, 0.15) is 23.5 Å². The van der Waals surface area contributed by atoms with Crippen LogP contribution in [0.15, 0.2) is 39.3 Å². The Kier molecular flexibility index (Phi) is 4.78. The zero-order valence-corrected chi connectivity index (χ0v) is 13.5. The SMILES string of the molecule is COc1cc(F)c(Br)cc1C(O)c1ccc(F)cc1Br. The van der Waals surface area contributed by atoms with Crippen LogP contribution in [0, 0.1) is 11.6 Å². The van der Waals surface area contributed by atoms with Crippen LogP contribution in [0.3, 0.4) is 0 Å². The fourth-order valence-corrected chi connectivity index (χ4v) is 2.75. The normalized spacial score (nSPS) is 12.3. The maximum atomic E-state index is 13.5. The van der Waals surface area contributed by atoms with Crippen LogP contribution in [-0.4, -0.2) is 12.2 Å². The van der Waals surface area contributed by atoms with Crippen LogP contribution < -0.4 is 4.74 Å². The van der Waals surface area contributed by atoms with Gasteiger partial charge >= 0.3 is 0 Å². The lowest BCUT2D eigenvalue weighted by atomic mass is 10.0.